The van der Waals surface area contributed by atoms with Crippen LogP contribution in [0.1, 0.15) is 36.1 Å². The van der Waals surface area contributed by atoms with Crippen molar-refractivity contribution in [3.63, 3.8) is 0 Å². The van der Waals surface area contributed by atoms with Gasteiger partial charge in [0.1, 0.15) is 0 Å². The van der Waals surface area contributed by atoms with Gasteiger partial charge in [0, 0.05) is 18.1 Å². The van der Waals surface area contributed by atoms with Crippen LogP contribution >= 0.6 is 0 Å². The summed E-state index contributed by atoms with van der Waals surface area (Å²) >= 11 is 0. The van der Waals surface area contributed by atoms with Crippen LogP contribution in [0.3, 0.4) is 0 Å². The summed E-state index contributed by atoms with van der Waals surface area (Å²) in [6, 6.07) is 19.7. The van der Waals surface area contributed by atoms with Gasteiger partial charge in [0.2, 0.25) is 0 Å². The topological polar surface area (TPSA) is 38.0 Å². The average molecular weight is 280 g/mol. The fourth-order valence-electron chi connectivity index (χ4n) is 3.44. The third-order valence-corrected chi connectivity index (χ3v) is 4.73. The van der Waals surface area contributed by atoms with Crippen molar-refractivity contribution in [1.82, 2.24) is 5.32 Å². The van der Waals surface area contributed by atoms with Gasteiger partial charge in [-0.25, -0.2) is 0 Å². The van der Waals surface area contributed by atoms with Gasteiger partial charge in [-0.05, 0) is 42.9 Å². The van der Waals surface area contributed by atoms with Crippen LogP contribution in [-0.2, 0) is 12.8 Å². The molecule has 0 saturated heterocycles. The standard InChI is InChI=1S/C19H24N2/c1-15(16-7-3-2-4-8-16)21-19(14-20)12-11-17-9-5-6-10-18(17)13-19/h2-10,15,21H,11-14,20H2,1H3/t15-,19+/m1/s1. The van der Waals surface area contributed by atoms with Crippen LogP contribution in [-0.4, -0.2) is 12.1 Å². The Labute approximate surface area is 127 Å². The molecule has 0 amide bonds. The lowest BCUT2D eigenvalue weighted by atomic mass is 9.77. The van der Waals surface area contributed by atoms with E-state index in [1.807, 2.05) is 0 Å². The molecule has 0 fully saturated rings. The molecule has 3 N–H and O–H groups in total. The molecule has 3 rings (SSSR count). The summed E-state index contributed by atoms with van der Waals surface area (Å²) < 4.78 is 0. The highest BCUT2D eigenvalue weighted by atomic mass is 15.0. The summed E-state index contributed by atoms with van der Waals surface area (Å²) in [4.78, 5) is 0. The zero-order chi connectivity index (χ0) is 14.7. The predicted molar refractivity (Wildman–Crippen MR) is 88.2 cm³/mol. The summed E-state index contributed by atoms with van der Waals surface area (Å²) in [6.07, 6.45) is 3.25. The van der Waals surface area contributed by atoms with E-state index in [9.17, 15) is 0 Å². The first kappa shape index (κ1) is 14.3. The molecule has 2 aromatic carbocycles. The molecule has 0 bridgehead atoms. The van der Waals surface area contributed by atoms with E-state index in [2.05, 4.69) is 66.8 Å². The molecule has 0 heterocycles. The Morgan fingerprint density at radius 1 is 1.05 bits per heavy atom. The number of benzene rings is 2. The SMILES string of the molecule is C[C@@H](N[C@@]1(CN)CCc2ccccc2C1)c1ccccc1. The van der Waals surface area contributed by atoms with E-state index < -0.39 is 0 Å². The fourth-order valence-corrected chi connectivity index (χ4v) is 3.44. The molecule has 0 spiro atoms. The predicted octanol–water partition coefficient (Wildman–Crippen LogP) is 3.22. The zero-order valence-corrected chi connectivity index (χ0v) is 12.7. The molecule has 110 valence electrons. The Hall–Kier alpha value is -1.64. The number of fused-ring (bicyclic) bond motifs is 1. The van der Waals surface area contributed by atoms with Gasteiger partial charge >= 0.3 is 0 Å². The Bertz CT molecular complexity index is 594. The molecule has 2 aromatic rings. The summed E-state index contributed by atoms with van der Waals surface area (Å²) in [7, 11) is 0. The van der Waals surface area contributed by atoms with E-state index in [0.29, 0.717) is 12.6 Å². The van der Waals surface area contributed by atoms with Gasteiger partial charge in [-0.1, -0.05) is 54.6 Å². The molecule has 1 aliphatic carbocycles. The van der Waals surface area contributed by atoms with Crippen LogP contribution in [0.2, 0.25) is 0 Å². The molecule has 21 heavy (non-hydrogen) atoms. The van der Waals surface area contributed by atoms with Crippen LogP contribution in [0.15, 0.2) is 54.6 Å². The molecular formula is C19H24N2. The lowest BCUT2D eigenvalue weighted by Gasteiger charge is -2.40. The highest BCUT2D eigenvalue weighted by molar-refractivity contribution is 5.33. The van der Waals surface area contributed by atoms with Crippen molar-refractivity contribution in [2.75, 3.05) is 6.54 Å². The Morgan fingerprint density at radius 3 is 2.43 bits per heavy atom. The van der Waals surface area contributed by atoms with E-state index in [1.54, 1.807) is 0 Å². The number of hydrogen-bond acceptors (Lipinski definition) is 2. The molecule has 2 nitrogen and oxygen atoms in total. The number of hydrogen-bond donors (Lipinski definition) is 2. The molecule has 0 radical (unpaired) electrons. The van der Waals surface area contributed by atoms with Crippen molar-refractivity contribution in [3.8, 4) is 0 Å². The first-order valence-corrected chi connectivity index (χ1v) is 7.82. The minimum absolute atomic E-state index is 0.0175. The number of aryl methyl sites for hydroxylation is 1. The van der Waals surface area contributed by atoms with Gasteiger partial charge in [0.15, 0.2) is 0 Å². The van der Waals surface area contributed by atoms with Gasteiger partial charge in [-0.15, -0.1) is 0 Å². The van der Waals surface area contributed by atoms with Crippen molar-refractivity contribution in [2.45, 2.75) is 37.8 Å². The second-order valence-corrected chi connectivity index (χ2v) is 6.21. The quantitative estimate of drug-likeness (QED) is 0.902. The molecule has 2 atom stereocenters. The summed E-state index contributed by atoms with van der Waals surface area (Å²) in [5.74, 6) is 0. The van der Waals surface area contributed by atoms with Crippen LogP contribution in [0.5, 0.6) is 0 Å². The normalized spacial score (nSPS) is 22.6. The van der Waals surface area contributed by atoms with Crippen LogP contribution in [0.4, 0.5) is 0 Å². The zero-order valence-electron chi connectivity index (χ0n) is 12.7. The lowest BCUT2D eigenvalue weighted by molar-refractivity contribution is 0.266. The second-order valence-electron chi connectivity index (χ2n) is 6.21. The fraction of sp³-hybridized carbons (Fsp3) is 0.368. The molecule has 0 unspecified atom stereocenters. The van der Waals surface area contributed by atoms with E-state index in [1.165, 1.54) is 16.7 Å². The molecule has 0 aromatic heterocycles. The van der Waals surface area contributed by atoms with Crippen LogP contribution < -0.4 is 11.1 Å². The van der Waals surface area contributed by atoms with Gasteiger partial charge in [0.05, 0.1) is 0 Å². The second kappa shape index (κ2) is 6.00. The first-order valence-electron chi connectivity index (χ1n) is 7.82. The van der Waals surface area contributed by atoms with Gasteiger partial charge in [-0.2, -0.15) is 0 Å². The Kier molecular flexibility index (Phi) is 4.09. The van der Waals surface area contributed by atoms with Crippen molar-refractivity contribution < 1.29 is 0 Å². The summed E-state index contributed by atoms with van der Waals surface area (Å²) in [5.41, 5.74) is 10.4. The minimum Gasteiger partial charge on any atom is -0.329 e. The van der Waals surface area contributed by atoms with Gasteiger partial charge < -0.3 is 11.1 Å². The highest BCUT2D eigenvalue weighted by Crippen LogP contribution is 2.30. The molecule has 1 aliphatic rings. The average Bonchev–Trinajstić information content (AvgIpc) is 2.55. The van der Waals surface area contributed by atoms with Crippen molar-refractivity contribution >= 4 is 0 Å². The van der Waals surface area contributed by atoms with Crippen LogP contribution in [0, 0.1) is 0 Å². The van der Waals surface area contributed by atoms with Gasteiger partial charge in [-0.3, -0.25) is 0 Å². The van der Waals surface area contributed by atoms with E-state index >= 15 is 0 Å². The van der Waals surface area contributed by atoms with E-state index in [0.717, 1.165) is 19.3 Å². The highest BCUT2D eigenvalue weighted by Gasteiger charge is 2.34. The third-order valence-electron chi connectivity index (χ3n) is 4.73. The monoisotopic (exact) mass is 280 g/mol. The molecule has 2 heteroatoms. The maximum Gasteiger partial charge on any atom is 0.0353 e. The maximum absolute atomic E-state index is 6.16. The maximum atomic E-state index is 6.16. The van der Waals surface area contributed by atoms with E-state index in [-0.39, 0.29) is 5.54 Å². The van der Waals surface area contributed by atoms with Crippen molar-refractivity contribution in [3.05, 3.63) is 71.3 Å². The minimum atomic E-state index is 0.0175. The number of rotatable bonds is 4. The van der Waals surface area contributed by atoms with Crippen LogP contribution in [0.25, 0.3) is 0 Å². The van der Waals surface area contributed by atoms with Gasteiger partial charge in [0.25, 0.3) is 0 Å². The number of nitrogens with one attached hydrogen (secondary N) is 1. The summed E-state index contributed by atoms with van der Waals surface area (Å²) in [5, 5.41) is 3.81. The molecular weight excluding hydrogens is 256 g/mol. The van der Waals surface area contributed by atoms with Crippen molar-refractivity contribution in [1.29, 1.82) is 0 Å². The third kappa shape index (κ3) is 3.02. The smallest absolute Gasteiger partial charge is 0.0353 e. The lowest BCUT2D eigenvalue weighted by Crippen LogP contribution is -2.55. The number of nitrogens with two attached hydrogens (primary N) is 1. The first-order chi connectivity index (χ1) is 10.2. The summed E-state index contributed by atoms with van der Waals surface area (Å²) in [6.45, 7) is 2.91. The van der Waals surface area contributed by atoms with Crippen molar-refractivity contribution in [2.24, 2.45) is 5.73 Å². The molecule has 0 aliphatic heterocycles. The molecule has 0 saturated carbocycles. The van der Waals surface area contributed by atoms with E-state index in [4.69, 9.17) is 5.73 Å². The Balaban J connectivity index is 1.79. The Morgan fingerprint density at radius 2 is 1.71 bits per heavy atom. The largest absolute Gasteiger partial charge is 0.329 e.